The van der Waals surface area contributed by atoms with Crippen molar-refractivity contribution in [2.24, 2.45) is 0 Å². The molecule has 7 heteroatoms. The SMILES string of the molecule is CNC(=O)CCN(C)Cc1cnc(NC[C@H]2CCCO2)nc1. The number of anilines is 1. The second kappa shape index (κ2) is 8.65. The van der Waals surface area contributed by atoms with Gasteiger partial charge < -0.3 is 20.3 Å². The van der Waals surface area contributed by atoms with E-state index >= 15 is 0 Å². The minimum absolute atomic E-state index is 0.0526. The van der Waals surface area contributed by atoms with Crippen molar-refractivity contribution in [1.82, 2.24) is 20.2 Å². The van der Waals surface area contributed by atoms with Gasteiger partial charge in [-0.15, -0.1) is 0 Å². The summed E-state index contributed by atoms with van der Waals surface area (Å²) in [5.41, 5.74) is 1.03. The van der Waals surface area contributed by atoms with Crippen LogP contribution in [0.25, 0.3) is 0 Å². The number of hydrogen-bond acceptors (Lipinski definition) is 6. The lowest BCUT2D eigenvalue weighted by atomic mass is 10.2. The van der Waals surface area contributed by atoms with Crippen LogP contribution in [0.3, 0.4) is 0 Å². The van der Waals surface area contributed by atoms with Gasteiger partial charge in [-0.05, 0) is 19.9 Å². The Hall–Kier alpha value is -1.73. The first-order chi connectivity index (χ1) is 10.7. The second-order valence-electron chi connectivity index (χ2n) is 5.59. The van der Waals surface area contributed by atoms with E-state index in [1.54, 1.807) is 7.05 Å². The van der Waals surface area contributed by atoms with E-state index in [4.69, 9.17) is 4.74 Å². The van der Waals surface area contributed by atoms with Gasteiger partial charge in [-0.2, -0.15) is 0 Å². The van der Waals surface area contributed by atoms with Crippen LogP contribution in [-0.4, -0.2) is 60.7 Å². The van der Waals surface area contributed by atoms with Crippen molar-refractivity contribution in [3.63, 3.8) is 0 Å². The lowest BCUT2D eigenvalue weighted by molar-refractivity contribution is -0.120. The molecule has 1 atom stereocenters. The molecule has 2 heterocycles. The number of ether oxygens (including phenoxy) is 1. The fourth-order valence-electron chi connectivity index (χ4n) is 2.35. The highest BCUT2D eigenvalue weighted by molar-refractivity contribution is 5.75. The molecule has 1 aromatic rings. The number of nitrogens with zero attached hydrogens (tertiary/aromatic N) is 3. The topological polar surface area (TPSA) is 79.4 Å². The van der Waals surface area contributed by atoms with Crippen LogP contribution in [0.2, 0.25) is 0 Å². The van der Waals surface area contributed by atoms with E-state index < -0.39 is 0 Å². The number of rotatable bonds is 8. The largest absolute Gasteiger partial charge is 0.376 e. The van der Waals surface area contributed by atoms with E-state index in [1.165, 1.54) is 0 Å². The van der Waals surface area contributed by atoms with Gasteiger partial charge in [0, 0.05) is 57.7 Å². The maximum absolute atomic E-state index is 11.2. The van der Waals surface area contributed by atoms with Crippen LogP contribution in [-0.2, 0) is 16.1 Å². The van der Waals surface area contributed by atoms with Crippen molar-refractivity contribution < 1.29 is 9.53 Å². The number of amides is 1. The van der Waals surface area contributed by atoms with Gasteiger partial charge in [-0.1, -0.05) is 0 Å². The average Bonchev–Trinajstić information content (AvgIpc) is 3.05. The van der Waals surface area contributed by atoms with Crippen LogP contribution < -0.4 is 10.6 Å². The molecule has 1 aromatic heterocycles. The third-order valence-corrected chi connectivity index (χ3v) is 3.67. The highest BCUT2D eigenvalue weighted by Gasteiger charge is 2.15. The molecule has 0 unspecified atom stereocenters. The number of nitrogens with one attached hydrogen (secondary N) is 2. The summed E-state index contributed by atoms with van der Waals surface area (Å²) >= 11 is 0. The zero-order valence-electron chi connectivity index (χ0n) is 13.3. The zero-order chi connectivity index (χ0) is 15.8. The second-order valence-corrected chi connectivity index (χ2v) is 5.59. The van der Waals surface area contributed by atoms with E-state index in [0.717, 1.165) is 38.1 Å². The molecule has 122 valence electrons. The molecule has 1 saturated heterocycles. The van der Waals surface area contributed by atoms with E-state index in [9.17, 15) is 4.79 Å². The molecular weight excluding hydrogens is 282 g/mol. The molecule has 22 heavy (non-hydrogen) atoms. The van der Waals surface area contributed by atoms with E-state index in [-0.39, 0.29) is 12.0 Å². The predicted octanol–water partition coefficient (Wildman–Crippen LogP) is 0.635. The number of aromatic nitrogens is 2. The summed E-state index contributed by atoms with van der Waals surface area (Å²) in [4.78, 5) is 21.9. The normalized spacial score (nSPS) is 17.7. The molecule has 1 aliphatic rings. The van der Waals surface area contributed by atoms with Crippen LogP contribution in [0.15, 0.2) is 12.4 Å². The summed E-state index contributed by atoms with van der Waals surface area (Å²) < 4.78 is 5.55. The fraction of sp³-hybridized carbons (Fsp3) is 0.667. The maximum atomic E-state index is 11.2. The quantitative estimate of drug-likeness (QED) is 0.733. The molecule has 0 saturated carbocycles. The standard InChI is InChI=1S/C15H25N5O2/c1-16-14(21)5-6-20(2)11-12-8-17-15(18-9-12)19-10-13-4-3-7-22-13/h8-9,13H,3-7,10-11H2,1-2H3,(H,16,21)(H,17,18,19)/t13-/m1/s1. The Labute approximate surface area is 131 Å². The molecule has 1 amide bonds. The Morgan fingerprint density at radius 2 is 2.23 bits per heavy atom. The van der Waals surface area contributed by atoms with Crippen LogP contribution in [0, 0.1) is 0 Å². The smallest absolute Gasteiger partial charge is 0.222 e. The summed E-state index contributed by atoms with van der Waals surface area (Å²) in [6, 6.07) is 0. The molecule has 0 spiro atoms. The molecule has 0 aliphatic carbocycles. The van der Waals surface area contributed by atoms with Crippen molar-refractivity contribution in [3.05, 3.63) is 18.0 Å². The highest BCUT2D eigenvalue weighted by atomic mass is 16.5. The first kappa shape index (κ1) is 16.6. The number of hydrogen-bond donors (Lipinski definition) is 2. The first-order valence-corrected chi connectivity index (χ1v) is 7.73. The molecule has 0 bridgehead atoms. The number of carbonyl (C=O) groups excluding carboxylic acids is 1. The van der Waals surface area contributed by atoms with Gasteiger partial charge in [0.25, 0.3) is 0 Å². The number of carbonyl (C=O) groups is 1. The van der Waals surface area contributed by atoms with Crippen molar-refractivity contribution in [2.45, 2.75) is 31.9 Å². The molecule has 0 radical (unpaired) electrons. The van der Waals surface area contributed by atoms with E-state index in [0.29, 0.717) is 18.9 Å². The van der Waals surface area contributed by atoms with Crippen molar-refractivity contribution >= 4 is 11.9 Å². The van der Waals surface area contributed by atoms with Gasteiger partial charge in [0.15, 0.2) is 0 Å². The molecule has 2 rings (SSSR count). The molecule has 1 aliphatic heterocycles. The lowest BCUT2D eigenvalue weighted by Gasteiger charge is -2.16. The predicted molar refractivity (Wildman–Crippen MR) is 84.5 cm³/mol. The third-order valence-electron chi connectivity index (χ3n) is 3.67. The molecule has 0 aromatic carbocycles. The fourth-order valence-corrected chi connectivity index (χ4v) is 2.35. The van der Waals surface area contributed by atoms with Gasteiger partial charge in [0.2, 0.25) is 11.9 Å². The Balaban J connectivity index is 1.72. The Morgan fingerprint density at radius 1 is 1.45 bits per heavy atom. The van der Waals surface area contributed by atoms with Crippen LogP contribution >= 0.6 is 0 Å². The monoisotopic (exact) mass is 307 g/mol. The summed E-state index contributed by atoms with van der Waals surface area (Å²) in [7, 11) is 3.63. The highest BCUT2D eigenvalue weighted by Crippen LogP contribution is 2.12. The molecule has 2 N–H and O–H groups in total. The van der Waals surface area contributed by atoms with Crippen molar-refractivity contribution in [2.75, 3.05) is 39.1 Å². The maximum Gasteiger partial charge on any atom is 0.222 e. The summed E-state index contributed by atoms with van der Waals surface area (Å²) in [6.07, 6.45) is 6.65. The molecular formula is C15H25N5O2. The van der Waals surface area contributed by atoms with Crippen molar-refractivity contribution in [1.29, 1.82) is 0 Å². The lowest BCUT2D eigenvalue weighted by Crippen LogP contribution is -2.26. The van der Waals surface area contributed by atoms with Crippen LogP contribution in [0.5, 0.6) is 0 Å². The average molecular weight is 307 g/mol. The van der Waals surface area contributed by atoms with Gasteiger partial charge >= 0.3 is 0 Å². The van der Waals surface area contributed by atoms with Crippen molar-refractivity contribution in [3.8, 4) is 0 Å². The van der Waals surface area contributed by atoms with Gasteiger partial charge in [0.1, 0.15) is 0 Å². The third kappa shape index (κ3) is 5.57. The van der Waals surface area contributed by atoms with Crippen LogP contribution in [0.1, 0.15) is 24.8 Å². The van der Waals surface area contributed by atoms with Gasteiger partial charge in [0.05, 0.1) is 6.10 Å². The van der Waals surface area contributed by atoms with Gasteiger partial charge in [-0.3, -0.25) is 4.79 Å². The minimum Gasteiger partial charge on any atom is -0.376 e. The van der Waals surface area contributed by atoms with E-state index in [1.807, 2.05) is 19.4 Å². The molecule has 1 fully saturated rings. The first-order valence-electron chi connectivity index (χ1n) is 7.73. The molecule has 7 nitrogen and oxygen atoms in total. The van der Waals surface area contributed by atoms with E-state index in [2.05, 4.69) is 25.5 Å². The summed E-state index contributed by atoms with van der Waals surface area (Å²) in [5, 5.41) is 5.82. The van der Waals surface area contributed by atoms with Crippen LogP contribution in [0.4, 0.5) is 5.95 Å². The summed E-state index contributed by atoms with van der Waals surface area (Å²) in [5.74, 6) is 0.684. The Bertz CT molecular complexity index is 460. The zero-order valence-corrected chi connectivity index (χ0v) is 13.3. The summed E-state index contributed by atoms with van der Waals surface area (Å²) in [6.45, 7) is 3.04. The Morgan fingerprint density at radius 3 is 2.86 bits per heavy atom. The van der Waals surface area contributed by atoms with Gasteiger partial charge in [-0.25, -0.2) is 9.97 Å². The minimum atomic E-state index is 0.0526. The Kier molecular flexibility index (Phi) is 6.54.